The Labute approximate surface area is 165 Å². The highest BCUT2D eigenvalue weighted by Gasteiger charge is 2.50. The average molecular weight is 377 g/mol. The summed E-state index contributed by atoms with van der Waals surface area (Å²) in [5, 5.41) is 7.68. The van der Waals surface area contributed by atoms with Gasteiger partial charge in [-0.2, -0.15) is 5.10 Å². The Kier molecular flexibility index (Phi) is 4.03. The minimum Gasteiger partial charge on any atom is -0.384 e. The van der Waals surface area contributed by atoms with Gasteiger partial charge in [-0.15, -0.1) is 0 Å². The van der Waals surface area contributed by atoms with Crippen LogP contribution in [0.5, 0.6) is 0 Å². The standard InChI is InChI=1S/C22H27N5O/c1-2-18-17(12-27(26-18)20-5-3-4-19(23)25-20)21(28)24-13-22-9-14-6-15(10-22)8-16(7-14)11-22/h2-5,12,14-16H,1,6-11,13H2,(H2,23,25)(H,24,28). The van der Waals surface area contributed by atoms with E-state index in [1.807, 2.05) is 12.1 Å². The molecule has 6 rings (SSSR count). The molecule has 4 bridgehead atoms. The fourth-order valence-corrected chi connectivity index (χ4v) is 6.27. The van der Waals surface area contributed by atoms with E-state index in [4.69, 9.17) is 5.73 Å². The predicted octanol–water partition coefficient (Wildman–Crippen LogP) is 3.44. The Hall–Kier alpha value is -2.63. The van der Waals surface area contributed by atoms with E-state index in [2.05, 4.69) is 22.0 Å². The third-order valence-electron chi connectivity index (χ3n) is 6.96. The van der Waals surface area contributed by atoms with Crippen LogP contribution >= 0.6 is 0 Å². The molecule has 0 unspecified atom stereocenters. The van der Waals surface area contributed by atoms with Crippen LogP contribution in [0.1, 0.15) is 54.6 Å². The summed E-state index contributed by atoms with van der Waals surface area (Å²) >= 11 is 0. The minimum absolute atomic E-state index is 0.0826. The lowest BCUT2D eigenvalue weighted by Gasteiger charge is -2.56. The van der Waals surface area contributed by atoms with Gasteiger partial charge in [0.2, 0.25) is 0 Å². The summed E-state index contributed by atoms with van der Waals surface area (Å²) in [5.41, 5.74) is 7.18. The van der Waals surface area contributed by atoms with Gasteiger partial charge in [0, 0.05) is 12.7 Å². The van der Waals surface area contributed by atoms with Gasteiger partial charge in [0.15, 0.2) is 5.82 Å². The number of hydrogen-bond acceptors (Lipinski definition) is 4. The second-order valence-electron chi connectivity index (χ2n) is 9.10. The SMILES string of the molecule is C=Cc1nn(-c2cccc(N)n2)cc1C(=O)NCC12CC3CC(CC(C3)C1)C2. The summed E-state index contributed by atoms with van der Waals surface area (Å²) < 4.78 is 1.59. The summed E-state index contributed by atoms with van der Waals surface area (Å²) in [7, 11) is 0. The normalized spacial score (nSPS) is 30.4. The molecule has 4 saturated carbocycles. The van der Waals surface area contributed by atoms with Crippen LogP contribution in [0.2, 0.25) is 0 Å². The third-order valence-corrected chi connectivity index (χ3v) is 6.96. The second-order valence-corrected chi connectivity index (χ2v) is 9.10. The number of pyridine rings is 1. The molecule has 2 aromatic rings. The quantitative estimate of drug-likeness (QED) is 0.836. The van der Waals surface area contributed by atoms with Gasteiger partial charge in [0.25, 0.3) is 5.91 Å². The van der Waals surface area contributed by atoms with Crippen molar-refractivity contribution in [1.82, 2.24) is 20.1 Å². The van der Waals surface area contributed by atoms with E-state index in [1.165, 1.54) is 38.5 Å². The summed E-state index contributed by atoms with van der Waals surface area (Å²) in [6.07, 6.45) is 11.4. The first-order chi connectivity index (χ1) is 13.5. The number of carbonyl (C=O) groups excluding carboxylic acids is 1. The van der Waals surface area contributed by atoms with E-state index >= 15 is 0 Å². The van der Waals surface area contributed by atoms with E-state index in [0.717, 1.165) is 24.3 Å². The summed E-state index contributed by atoms with van der Waals surface area (Å²) in [6.45, 7) is 4.58. The highest BCUT2D eigenvalue weighted by Crippen LogP contribution is 2.59. The Morgan fingerprint density at radius 1 is 1.25 bits per heavy atom. The van der Waals surface area contributed by atoms with Crippen molar-refractivity contribution in [1.29, 1.82) is 0 Å². The van der Waals surface area contributed by atoms with Gasteiger partial charge in [-0.05, 0) is 79.9 Å². The summed E-state index contributed by atoms with van der Waals surface area (Å²) in [4.78, 5) is 17.2. The van der Waals surface area contributed by atoms with Gasteiger partial charge in [0.1, 0.15) is 5.82 Å². The zero-order valence-electron chi connectivity index (χ0n) is 16.1. The summed E-state index contributed by atoms with van der Waals surface area (Å²) in [6, 6.07) is 5.35. The minimum atomic E-state index is -0.0826. The number of nitrogens with two attached hydrogens (primary N) is 1. The molecule has 6 nitrogen and oxygen atoms in total. The van der Waals surface area contributed by atoms with Crippen LogP contribution in [-0.4, -0.2) is 27.2 Å². The van der Waals surface area contributed by atoms with Crippen LogP contribution in [-0.2, 0) is 0 Å². The maximum absolute atomic E-state index is 13.0. The number of carbonyl (C=O) groups is 1. The fourth-order valence-electron chi connectivity index (χ4n) is 6.27. The van der Waals surface area contributed by atoms with Crippen LogP contribution in [0.15, 0.2) is 31.0 Å². The smallest absolute Gasteiger partial charge is 0.255 e. The molecule has 4 fully saturated rings. The zero-order chi connectivity index (χ0) is 19.3. The fraction of sp³-hybridized carbons (Fsp3) is 0.500. The van der Waals surface area contributed by atoms with Gasteiger partial charge in [-0.1, -0.05) is 12.6 Å². The number of rotatable bonds is 5. The average Bonchev–Trinajstić information content (AvgIpc) is 3.10. The molecule has 4 aliphatic rings. The van der Waals surface area contributed by atoms with Crippen molar-refractivity contribution < 1.29 is 4.79 Å². The van der Waals surface area contributed by atoms with Crippen molar-refractivity contribution in [3.63, 3.8) is 0 Å². The van der Waals surface area contributed by atoms with Crippen molar-refractivity contribution in [2.75, 3.05) is 12.3 Å². The first-order valence-corrected chi connectivity index (χ1v) is 10.3. The third kappa shape index (κ3) is 3.01. The molecule has 0 saturated heterocycles. The Morgan fingerprint density at radius 3 is 2.54 bits per heavy atom. The molecule has 0 aliphatic heterocycles. The van der Waals surface area contributed by atoms with Crippen LogP contribution < -0.4 is 11.1 Å². The number of aromatic nitrogens is 3. The topological polar surface area (TPSA) is 85.8 Å². The number of anilines is 1. The number of nitrogen functional groups attached to an aromatic ring is 1. The van der Waals surface area contributed by atoms with Gasteiger partial charge >= 0.3 is 0 Å². The Bertz CT molecular complexity index is 895. The van der Waals surface area contributed by atoms with E-state index in [0.29, 0.717) is 28.3 Å². The maximum atomic E-state index is 13.0. The lowest BCUT2D eigenvalue weighted by atomic mass is 9.49. The van der Waals surface area contributed by atoms with Crippen molar-refractivity contribution in [2.24, 2.45) is 23.2 Å². The molecular formula is C22H27N5O. The molecule has 4 aliphatic carbocycles. The summed E-state index contributed by atoms with van der Waals surface area (Å²) in [5.74, 6) is 3.56. The van der Waals surface area contributed by atoms with Crippen LogP contribution in [0.25, 0.3) is 11.9 Å². The maximum Gasteiger partial charge on any atom is 0.255 e. The highest BCUT2D eigenvalue weighted by atomic mass is 16.1. The number of amides is 1. The van der Waals surface area contributed by atoms with Gasteiger partial charge in [-0.25, -0.2) is 9.67 Å². The first kappa shape index (κ1) is 17.5. The van der Waals surface area contributed by atoms with Gasteiger partial charge in [-0.3, -0.25) is 4.79 Å². The van der Waals surface area contributed by atoms with E-state index in [1.54, 1.807) is 23.0 Å². The molecule has 0 spiro atoms. The molecule has 2 aromatic heterocycles. The van der Waals surface area contributed by atoms with Crippen molar-refractivity contribution >= 4 is 17.8 Å². The molecule has 0 atom stereocenters. The molecule has 146 valence electrons. The first-order valence-electron chi connectivity index (χ1n) is 10.3. The molecule has 0 radical (unpaired) electrons. The van der Waals surface area contributed by atoms with E-state index < -0.39 is 0 Å². The Morgan fingerprint density at radius 2 is 1.93 bits per heavy atom. The number of nitrogens with zero attached hydrogens (tertiary/aromatic N) is 3. The van der Waals surface area contributed by atoms with Gasteiger partial charge in [0.05, 0.1) is 11.3 Å². The van der Waals surface area contributed by atoms with E-state index in [-0.39, 0.29) is 5.91 Å². The molecule has 2 heterocycles. The molecule has 6 heteroatoms. The molecule has 3 N–H and O–H groups in total. The van der Waals surface area contributed by atoms with E-state index in [9.17, 15) is 4.79 Å². The van der Waals surface area contributed by atoms with Crippen LogP contribution in [0.4, 0.5) is 5.82 Å². The molecular weight excluding hydrogens is 350 g/mol. The van der Waals surface area contributed by atoms with Gasteiger partial charge < -0.3 is 11.1 Å². The predicted molar refractivity (Wildman–Crippen MR) is 109 cm³/mol. The molecule has 1 amide bonds. The van der Waals surface area contributed by atoms with Crippen molar-refractivity contribution in [3.05, 3.63) is 42.2 Å². The van der Waals surface area contributed by atoms with Crippen molar-refractivity contribution in [2.45, 2.75) is 38.5 Å². The van der Waals surface area contributed by atoms with Crippen LogP contribution in [0, 0.1) is 23.2 Å². The van der Waals surface area contributed by atoms with Crippen LogP contribution in [0.3, 0.4) is 0 Å². The second kappa shape index (κ2) is 6.47. The number of hydrogen-bond donors (Lipinski definition) is 2. The highest BCUT2D eigenvalue weighted by molar-refractivity contribution is 5.97. The Balaban J connectivity index is 1.34. The number of nitrogens with one attached hydrogen (secondary N) is 1. The lowest BCUT2D eigenvalue weighted by Crippen LogP contribution is -2.51. The monoisotopic (exact) mass is 377 g/mol. The zero-order valence-corrected chi connectivity index (χ0v) is 16.1. The molecule has 0 aromatic carbocycles. The largest absolute Gasteiger partial charge is 0.384 e. The molecule has 28 heavy (non-hydrogen) atoms. The van der Waals surface area contributed by atoms with Crippen molar-refractivity contribution in [3.8, 4) is 5.82 Å². The lowest BCUT2D eigenvalue weighted by molar-refractivity contribution is -0.0503.